The van der Waals surface area contributed by atoms with Crippen LogP contribution in [0.4, 0.5) is 0 Å². The van der Waals surface area contributed by atoms with Crippen molar-refractivity contribution in [1.29, 1.82) is 0 Å². The lowest BCUT2D eigenvalue weighted by atomic mass is 10.1. The number of hydrogen-bond donors (Lipinski definition) is 0. The third-order valence-electron chi connectivity index (χ3n) is 8.13. The number of aryl methyl sites for hydroxylation is 1. The smallest absolute Gasteiger partial charge is 0.297 e. The van der Waals surface area contributed by atoms with Gasteiger partial charge in [-0.1, -0.05) is 113 Å². The van der Waals surface area contributed by atoms with Crippen molar-refractivity contribution in [1.82, 2.24) is 4.57 Å². The molecular weight excluding hydrogens is 558 g/mol. The second-order valence-electron chi connectivity index (χ2n) is 12.4. The van der Waals surface area contributed by atoms with Crippen LogP contribution in [0.1, 0.15) is 117 Å². The molecule has 3 aromatic rings. The van der Waals surface area contributed by atoms with Crippen molar-refractivity contribution in [2.45, 2.75) is 125 Å². The molecule has 0 N–H and O–H groups in total. The Bertz CT molecular complexity index is 1400. The number of ether oxygens (including phenoxy) is 3. The van der Waals surface area contributed by atoms with Crippen LogP contribution in [0.25, 0.3) is 10.9 Å². The number of hydrogen-bond acceptors (Lipinski definition) is 4. The van der Waals surface area contributed by atoms with Crippen LogP contribution < -0.4 is 19.8 Å². The van der Waals surface area contributed by atoms with Gasteiger partial charge in [-0.05, 0) is 70.2 Å². The highest BCUT2D eigenvalue weighted by Crippen LogP contribution is 2.35. The fraction of sp³-hybridized carbons (Fsp3) is 0.525. The lowest BCUT2D eigenvalue weighted by Crippen LogP contribution is -2.24. The Kier molecular flexibility index (Phi) is 16.4. The number of aromatic nitrogens is 1. The molecule has 0 fully saturated rings. The van der Waals surface area contributed by atoms with Crippen molar-refractivity contribution in [3.63, 3.8) is 0 Å². The Morgan fingerprint density at radius 2 is 1.47 bits per heavy atom. The second kappa shape index (κ2) is 20.5. The van der Waals surface area contributed by atoms with E-state index in [0.717, 1.165) is 73.6 Å². The van der Waals surface area contributed by atoms with E-state index in [2.05, 4.69) is 58.9 Å². The first-order valence-corrected chi connectivity index (χ1v) is 17.4. The van der Waals surface area contributed by atoms with Crippen molar-refractivity contribution in [3.8, 4) is 17.2 Å². The minimum atomic E-state index is -0.121. The third-order valence-corrected chi connectivity index (χ3v) is 8.13. The maximum absolute atomic E-state index is 14.2. The van der Waals surface area contributed by atoms with E-state index in [0.29, 0.717) is 37.9 Å². The van der Waals surface area contributed by atoms with Gasteiger partial charge in [-0.15, -0.1) is 0 Å². The summed E-state index contributed by atoms with van der Waals surface area (Å²) in [5, 5.41) is 0.880. The summed E-state index contributed by atoms with van der Waals surface area (Å²) in [5.74, 6) is 1.60. The van der Waals surface area contributed by atoms with Gasteiger partial charge in [-0.3, -0.25) is 4.79 Å². The number of benzene rings is 2. The highest BCUT2D eigenvalue weighted by Gasteiger charge is 2.20. The van der Waals surface area contributed by atoms with Gasteiger partial charge in [0.05, 0.1) is 12.1 Å². The van der Waals surface area contributed by atoms with Crippen LogP contribution in [0.5, 0.6) is 17.2 Å². The molecule has 2 aromatic carbocycles. The largest absolute Gasteiger partial charge is 0.489 e. The van der Waals surface area contributed by atoms with Crippen LogP contribution in [-0.4, -0.2) is 17.8 Å². The maximum Gasteiger partial charge on any atom is 0.297 e. The highest BCUT2D eigenvalue weighted by atomic mass is 16.5. The van der Waals surface area contributed by atoms with E-state index in [-0.39, 0.29) is 5.56 Å². The van der Waals surface area contributed by atoms with Crippen LogP contribution >= 0.6 is 0 Å². The molecule has 246 valence electrons. The zero-order valence-electron chi connectivity index (χ0n) is 28.7. The fourth-order valence-electron chi connectivity index (χ4n) is 5.41. The molecule has 0 atom stereocenters. The van der Waals surface area contributed by atoms with Gasteiger partial charge in [0.15, 0.2) is 5.75 Å². The Balaban J connectivity index is 1.94. The van der Waals surface area contributed by atoms with Crippen LogP contribution in [-0.2, 0) is 13.2 Å². The fourth-order valence-corrected chi connectivity index (χ4v) is 5.41. The molecule has 0 aliphatic heterocycles. The molecule has 0 saturated heterocycles. The quantitative estimate of drug-likeness (QED) is 0.0833. The number of nitrogens with zero attached hydrogens (tertiary/aromatic N) is 1. The average Bonchev–Trinajstić information content (AvgIpc) is 3.04. The number of pyridine rings is 1. The van der Waals surface area contributed by atoms with Crippen molar-refractivity contribution in [3.05, 3.63) is 87.7 Å². The first kappa shape index (κ1) is 36.0. The van der Waals surface area contributed by atoms with Crippen molar-refractivity contribution < 1.29 is 14.2 Å². The molecule has 5 nitrogen and oxygen atoms in total. The summed E-state index contributed by atoms with van der Waals surface area (Å²) in [6, 6.07) is 16.1. The Morgan fingerprint density at radius 3 is 2.20 bits per heavy atom. The van der Waals surface area contributed by atoms with Gasteiger partial charge in [0, 0.05) is 18.0 Å². The summed E-state index contributed by atoms with van der Waals surface area (Å²) in [5.41, 5.74) is 4.41. The third kappa shape index (κ3) is 12.4. The van der Waals surface area contributed by atoms with Crippen LogP contribution in [0.15, 0.2) is 76.6 Å². The Labute approximate surface area is 272 Å². The molecule has 0 aliphatic rings. The van der Waals surface area contributed by atoms with Gasteiger partial charge < -0.3 is 18.8 Å². The number of rotatable bonds is 22. The van der Waals surface area contributed by atoms with E-state index in [1.807, 2.05) is 41.0 Å². The first-order chi connectivity index (χ1) is 21.9. The van der Waals surface area contributed by atoms with Gasteiger partial charge in [-0.25, -0.2) is 0 Å². The monoisotopic (exact) mass is 615 g/mol. The molecule has 0 radical (unpaired) electrons. The van der Waals surface area contributed by atoms with Gasteiger partial charge in [-0.2, -0.15) is 0 Å². The van der Waals surface area contributed by atoms with E-state index >= 15 is 0 Å². The molecule has 0 saturated carbocycles. The van der Waals surface area contributed by atoms with Crippen molar-refractivity contribution in [2.75, 3.05) is 13.2 Å². The predicted octanol–water partition coefficient (Wildman–Crippen LogP) is 11.0. The van der Waals surface area contributed by atoms with E-state index in [4.69, 9.17) is 14.2 Å². The molecule has 0 aliphatic carbocycles. The van der Waals surface area contributed by atoms with Gasteiger partial charge >= 0.3 is 0 Å². The Hall–Kier alpha value is -3.47. The topological polar surface area (TPSA) is 49.7 Å². The van der Waals surface area contributed by atoms with Crippen LogP contribution in [0.3, 0.4) is 0 Å². The SMILES string of the molecule is CCCCCCCCOc1c(OC/C=C(\C)CCC=C(C)C)c2ccc(OCc3ccccc3)cc2n(CCCCCC)c1=O. The van der Waals surface area contributed by atoms with E-state index < -0.39 is 0 Å². The standard InChI is InChI=1S/C40H57NO4/c1-6-8-10-12-13-18-28-43-39-38(44-29-26-33(5)21-19-20-32(3)4)36-25-24-35(45-31-34-22-15-14-16-23-34)30-37(36)41(40(39)42)27-17-11-9-7-2/h14-16,20,22-26,30H,6-13,17-19,21,27-29,31H2,1-5H3/b33-26+. The zero-order valence-corrected chi connectivity index (χ0v) is 28.7. The van der Waals surface area contributed by atoms with Gasteiger partial charge in [0.1, 0.15) is 19.0 Å². The van der Waals surface area contributed by atoms with Crippen molar-refractivity contribution >= 4 is 10.9 Å². The minimum Gasteiger partial charge on any atom is -0.489 e. The number of unbranched alkanes of at least 4 members (excludes halogenated alkanes) is 8. The molecule has 45 heavy (non-hydrogen) atoms. The molecule has 3 rings (SSSR count). The Morgan fingerprint density at radius 1 is 0.756 bits per heavy atom. The predicted molar refractivity (Wildman–Crippen MR) is 190 cm³/mol. The van der Waals surface area contributed by atoms with E-state index in [1.165, 1.54) is 36.8 Å². The van der Waals surface area contributed by atoms with Crippen molar-refractivity contribution in [2.24, 2.45) is 0 Å². The molecule has 1 aromatic heterocycles. The molecule has 0 spiro atoms. The molecule has 1 heterocycles. The molecule has 5 heteroatoms. The second-order valence-corrected chi connectivity index (χ2v) is 12.4. The normalized spacial score (nSPS) is 11.5. The first-order valence-electron chi connectivity index (χ1n) is 17.4. The summed E-state index contributed by atoms with van der Waals surface area (Å²) >= 11 is 0. The lowest BCUT2D eigenvalue weighted by molar-refractivity contribution is 0.271. The maximum atomic E-state index is 14.2. The summed E-state index contributed by atoms with van der Waals surface area (Å²) in [7, 11) is 0. The average molecular weight is 616 g/mol. The zero-order chi connectivity index (χ0) is 32.3. The summed E-state index contributed by atoms with van der Waals surface area (Å²) < 4.78 is 20.8. The molecular formula is C40H57NO4. The summed E-state index contributed by atoms with van der Waals surface area (Å²) in [6.45, 7) is 12.8. The molecule has 0 amide bonds. The lowest BCUT2D eigenvalue weighted by Gasteiger charge is -2.19. The van der Waals surface area contributed by atoms with Gasteiger partial charge in [0.25, 0.3) is 5.56 Å². The number of allylic oxidation sites excluding steroid dienone is 3. The highest BCUT2D eigenvalue weighted by molar-refractivity contribution is 5.89. The summed E-state index contributed by atoms with van der Waals surface area (Å²) in [6.07, 6.45) is 17.7. The van der Waals surface area contributed by atoms with Crippen LogP contribution in [0, 0.1) is 0 Å². The van der Waals surface area contributed by atoms with Crippen LogP contribution in [0.2, 0.25) is 0 Å². The van der Waals surface area contributed by atoms with E-state index in [1.54, 1.807) is 0 Å². The summed E-state index contributed by atoms with van der Waals surface area (Å²) in [4.78, 5) is 14.2. The minimum absolute atomic E-state index is 0.121. The van der Waals surface area contributed by atoms with Gasteiger partial charge in [0.2, 0.25) is 5.75 Å². The molecule has 0 bridgehead atoms. The van der Waals surface area contributed by atoms with E-state index in [9.17, 15) is 4.79 Å². The number of fused-ring (bicyclic) bond motifs is 1. The molecule has 0 unspecified atom stereocenters.